The first-order valence-electron chi connectivity index (χ1n) is 6.28. The largest absolute Gasteiger partial charge is 0.368 e. The van der Waals surface area contributed by atoms with Gasteiger partial charge in [-0.25, -0.2) is 0 Å². The molecule has 1 aliphatic rings. The Hall–Kier alpha value is -0.520. The Balaban J connectivity index is 2.17. The van der Waals surface area contributed by atoms with Gasteiger partial charge in [0.2, 0.25) is 5.91 Å². The second-order valence-corrected chi connectivity index (χ2v) is 7.79. The lowest BCUT2D eigenvalue weighted by molar-refractivity contribution is -0.121. The Bertz CT molecular complexity index is 430. The molecule has 0 aromatic carbocycles. The average Bonchev–Trinajstić information content (AvgIpc) is 2.72. The van der Waals surface area contributed by atoms with Crippen LogP contribution in [0.15, 0.2) is 15.7 Å². The Labute approximate surface area is 117 Å². The zero-order chi connectivity index (χ0) is 13.3. The topological polar surface area (TPSA) is 55.1 Å². The average molecular weight is 284 g/mol. The predicted octanol–water partition coefficient (Wildman–Crippen LogP) is 2.77. The monoisotopic (exact) mass is 284 g/mol. The van der Waals surface area contributed by atoms with Crippen LogP contribution < -0.4 is 11.1 Å². The molecule has 5 heteroatoms. The van der Waals surface area contributed by atoms with Crippen molar-refractivity contribution in [1.29, 1.82) is 0 Å². The number of carbonyl (C=O) groups is 1. The van der Waals surface area contributed by atoms with E-state index in [0.717, 1.165) is 6.42 Å². The normalized spacial score (nSPS) is 24.9. The third-order valence-electron chi connectivity index (χ3n) is 3.26. The van der Waals surface area contributed by atoms with Crippen LogP contribution in [0.25, 0.3) is 0 Å². The maximum absolute atomic E-state index is 11.5. The number of hydrogen-bond donors (Lipinski definition) is 2. The van der Waals surface area contributed by atoms with Crippen LogP contribution in [-0.2, 0) is 4.79 Å². The van der Waals surface area contributed by atoms with Crippen LogP contribution in [0.4, 0.5) is 0 Å². The SMILES string of the molecule is CC(C)C(NC1C[C@H](C)Sc2sccc21)C(N)=O. The number of fused-ring (bicyclic) bond motifs is 1. The lowest BCUT2D eigenvalue weighted by atomic mass is 9.98. The fourth-order valence-electron chi connectivity index (χ4n) is 2.33. The van der Waals surface area contributed by atoms with Gasteiger partial charge >= 0.3 is 0 Å². The van der Waals surface area contributed by atoms with Gasteiger partial charge in [-0.3, -0.25) is 10.1 Å². The van der Waals surface area contributed by atoms with Gasteiger partial charge in [0.15, 0.2) is 0 Å². The second kappa shape index (κ2) is 5.63. The quantitative estimate of drug-likeness (QED) is 0.894. The van der Waals surface area contributed by atoms with Gasteiger partial charge in [-0.1, -0.05) is 20.8 Å². The fourth-order valence-corrected chi connectivity index (χ4v) is 4.89. The summed E-state index contributed by atoms with van der Waals surface area (Å²) in [5.74, 6) is -0.0397. The highest BCUT2D eigenvalue weighted by Gasteiger charge is 2.30. The highest BCUT2D eigenvalue weighted by Crippen LogP contribution is 2.43. The maximum atomic E-state index is 11.5. The van der Waals surface area contributed by atoms with Crippen LogP contribution >= 0.6 is 23.1 Å². The van der Waals surface area contributed by atoms with Gasteiger partial charge in [0.1, 0.15) is 0 Å². The smallest absolute Gasteiger partial charge is 0.234 e. The molecule has 0 bridgehead atoms. The number of thiophene rings is 1. The first-order valence-corrected chi connectivity index (χ1v) is 8.04. The van der Waals surface area contributed by atoms with E-state index in [0.29, 0.717) is 5.25 Å². The van der Waals surface area contributed by atoms with Gasteiger partial charge in [-0.2, -0.15) is 0 Å². The van der Waals surface area contributed by atoms with Crippen molar-refractivity contribution in [3.8, 4) is 0 Å². The van der Waals surface area contributed by atoms with Crippen LogP contribution in [0, 0.1) is 5.92 Å². The van der Waals surface area contributed by atoms with E-state index in [-0.39, 0.29) is 23.9 Å². The third-order valence-corrected chi connectivity index (χ3v) is 5.61. The van der Waals surface area contributed by atoms with Gasteiger partial charge in [0.25, 0.3) is 0 Å². The first-order chi connectivity index (χ1) is 8.49. The number of amides is 1. The van der Waals surface area contributed by atoms with Crippen LogP contribution in [-0.4, -0.2) is 17.2 Å². The first kappa shape index (κ1) is 13.9. The van der Waals surface area contributed by atoms with E-state index in [4.69, 9.17) is 5.73 Å². The van der Waals surface area contributed by atoms with Crippen molar-refractivity contribution in [2.24, 2.45) is 11.7 Å². The summed E-state index contributed by atoms with van der Waals surface area (Å²) in [6.07, 6.45) is 1.05. The summed E-state index contributed by atoms with van der Waals surface area (Å²) < 4.78 is 1.37. The molecule has 18 heavy (non-hydrogen) atoms. The molecule has 1 aromatic rings. The summed E-state index contributed by atoms with van der Waals surface area (Å²) >= 11 is 3.71. The summed E-state index contributed by atoms with van der Waals surface area (Å²) in [4.78, 5) is 11.5. The number of hydrogen-bond acceptors (Lipinski definition) is 4. The van der Waals surface area contributed by atoms with E-state index in [2.05, 4.69) is 23.7 Å². The lowest BCUT2D eigenvalue weighted by Gasteiger charge is -2.31. The zero-order valence-corrected chi connectivity index (χ0v) is 12.6. The van der Waals surface area contributed by atoms with E-state index in [9.17, 15) is 4.79 Å². The Kier molecular flexibility index (Phi) is 4.35. The van der Waals surface area contributed by atoms with Crippen molar-refractivity contribution in [2.75, 3.05) is 0 Å². The number of rotatable bonds is 4. The molecule has 2 heterocycles. The molecule has 1 aromatic heterocycles. The number of thioether (sulfide) groups is 1. The molecule has 0 spiro atoms. The molecule has 3 nitrogen and oxygen atoms in total. The molecule has 0 aliphatic carbocycles. The maximum Gasteiger partial charge on any atom is 0.234 e. The number of nitrogens with one attached hydrogen (secondary N) is 1. The molecular formula is C13H20N2OS2. The van der Waals surface area contributed by atoms with Gasteiger partial charge in [0.05, 0.1) is 10.3 Å². The number of carbonyl (C=O) groups excluding carboxylic acids is 1. The Morgan fingerprint density at radius 3 is 2.89 bits per heavy atom. The summed E-state index contributed by atoms with van der Waals surface area (Å²) in [5.41, 5.74) is 6.81. The highest BCUT2D eigenvalue weighted by atomic mass is 32.2. The molecule has 0 saturated carbocycles. The third kappa shape index (κ3) is 2.90. The lowest BCUT2D eigenvalue weighted by Crippen LogP contribution is -2.47. The highest BCUT2D eigenvalue weighted by molar-refractivity contribution is 8.01. The second-order valence-electron chi connectivity index (χ2n) is 5.17. The zero-order valence-electron chi connectivity index (χ0n) is 11.0. The minimum Gasteiger partial charge on any atom is -0.368 e. The van der Waals surface area contributed by atoms with Crippen LogP contribution in [0.3, 0.4) is 0 Å². The summed E-state index contributed by atoms with van der Waals surface area (Å²) in [6, 6.07) is 2.16. The Morgan fingerprint density at radius 2 is 2.28 bits per heavy atom. The Morgan fingerprint density at radius 1 is 1.56 bits per heavy atom. The number of primary amides is 1. The molecule has 1 amide bonds. The molecule has 3 atom stereocenters. The van der Waals surface area contributed by atoms with Gasteiger partial charge in [0, 0.05) is 11.3 Å². The van der Waals surface area contributed by atoms with Crippen LogP contribution in [0.2, 0.25) is 0 Å². The van der Waals surface area contributed by atoms with E-state index in [1.165, 1.54) is 9.77 Å². The molecule has 0 saturated heterocycles. The van der Waals surface area contributed by atoms with Gasteiger partial charge in [-0.05, 0) is 29.3 Å². The van der Waals surface area contributed by atoms with E-state index in [1.807, 2.05) is 25.6 Å². The minimum absolute atomic E-state index is 0.217. The molecule has 2 unspecified atom stereocenters. The van der Waals surface area contributed by atoms with E-state index >= 15 is 0 Å². The van der Waals surface area contributed by atoms with Crippen molar-refractivity contribution in [3.05, 3.63) is 17.0 Å². The van der Waals surface area contributed by atoms with Crippen molar-refractivity contribution >= 4 is 29.0 Å². The molecule has 1 aliphatic heterocycles. The van der Waals surface area contributed by atoms with E-state index in [1.54, 1.807) is 11.3 Å². The van der Waals surface area contributed by atoms with Crippen LogP contribution in [0.5, 0.6) is 0 Å². The summed E-state index contributed by atoms with van der Waals surface area (Å²) in [5, 5.41) is 6.15. The van der Waals surface area contributed by atoms with Crippen molar-refractivity contribution in [2.45, 2.75) is 48.7 Å². The van der Waals surface area contributed by atoms with Gasteiger partial charge < -0.3 is 5.73 Å². The number of nitrogens with two attached hydrogens (primary N) is 1. The fraction of sp³-hybridized carbons (Fsp3) is 0.615. The van der Waals surface area contributed by atoms with Gasteiger partial charge in [-0.15, -0.1) is 23.1 Å². The summed E-state index contributed by atoms with van der Waals surface area (Å²) in [6.45, 7) is 6.28. The predicted molar refractivity (Wildman–Crippen MR) is 78.0 cm³/mol. The molecule has 2 rings (SSSR count). The molecule has 0 radical (unpaired) electrons. The van der Waals surface area contributed by atoms with E-state index < -0.39 is 0 Å². The molecule has 0 fully saturated rings. The summed E-state index contributed by atoms with van der Waals surface area (Å²) in [7, 11) is 0. The van der Waals surface area contributed by atoms with Crippen molar-refractivity contribution < 1.29 is 4.79 Å². The van der Waals surface area contributed by atoms with Crippen molar-refractivity contribution in [1.82, 2.24) is 5.32 Å². The molecule has 3 N–H and O–H groups in total. The minimum atomic E-state index is -0.257. The molecular weight excluding hydrogens is 264 g/mol. The van der Waals surface area contributed by atoms with Crippen LogP contribution in [0.1, 0.15) is 38.8 Å². The standard InChI is InChI=1S/C13H20N2OS2/c1-7(2)11(12(14)16)15-10-6-8(3)18-13-9(10)4-5-17-13/h4-5,7-8,10-11,15H,6H2,1-3H3,(H2,14,16)/t8-,10?,11?/m0/s1. The van der Waals surface area contributed by atoms with Crippen molar-refractivity contribution in [3.63, 3.8) is 0 Å². The molecule has 100 valence electrons.